The second-order valence-corrected chi connectivity index (χ2v) is 4.77. The Morgan fingerprint density at radius 2 is 1.95 bits per heavy atom. The predicted molar refractivity (Wildman–Crippen MR) is 78.1 cm³/mol. The molecule has 1 aromatic carbocycles. The summed E-state index contributed by atoms with van der Waals surface area (Å²) in [5.74, 6) is 2.77. The van der Waals surface area contributed by atoms with Crippen molar-refractivity contribution < 1.29 is 14.2 Å². The predicted octanol–water partition coefficient (Wildman–Crippen LogP) is 4.06. The third-order valence-electron chi connectivity index (χ3n) is 2.89. The van der Waals surface area contributed by atoms with Crippen LogP contribution in [0.25, 0.3) is 0 Å². The second-order valence-electron chi connectivity index (χ2n) is 4.77. The molecule has 0 heterocycles. The zero-order valence-corrected chi connectivity index (χ0v) is 12.6. The van der Waals surface area contributed by atoms with Crippen LogP contribution < -0.4 is 9.47 Å². The molecule has 0 aromatic heterocycles. The van der Waals surface area contributed by atoms with Crippen LogP contribution in [0, 0.1) is 6.92 Å². The van der Waals surface area contributed by atoms with E-state index >= 15 is 0 Å². The fraction of sp³-hybridized carbons (Fsp3) is 0.500. The van der Waals surface area contributed by atoms with Gasteiger partial charge >= 0.3 is 0 Å². The molecule has 0 amide bonds. The lowest BCUT2D eigenvalue weighted by molar-refractivity contribution is 0.181. The minimum atomic E-state index is 0.366. The van der Waals surface area contributed by atoms with Gasteiger partial charge in [0.2, 0.25) is 0 Å². The van der Waals surface area contributed by atoms with E-state index in [0.717, 1.165) is 22.6 Å². The van der Waals surface area contributed by atoms with Crippen LogP contribution in [-0.2, 0) is 4.74 Å². The Bertz CT molecular complexity index is 436. The fourth-order valence-electron chi connectivity index (χ4n) is 1.88. The van der Waals surface area contributed by atoms with Crippen molar-refractivity contribution in [2.45, 2.75) is 33.6 Å². The quantitative estimate of drug-likeness (QED) is 0.695. The molecule has 0 radical (unpaired) electrons. The number of ether oxygens (including phenoxy) is 3. The molecule has 1 rings (SSSR count). The van der Waals surface area contributed by atoms with Gasteiger partial charge in [-0.1, -0.05) is 20.4 Å². The third-order valence-corrected chi connectivity index (χ3v) is 2.89. The molecule has 0 aliphatic rings. The van der Waals surface area contributed by atoms with Gasteiger partial charge in [0, 0.05) is 5.56 Å². The van der Waals surface area contributed by atoms with Crippen molar-refractivity contribution in [1.29, 1.82) is 0 Å². The SMILES string of the molecule is C=C(COc1cc(C)c(OC)cc1C(C)C)OCC. The summed E-state index contributed by atoms with van der Waals surface area (Å²) >= 11 is 0. The van der Waals surface area contributed by atoms with Crippen LogP contribution in [0.4, 0.5) is 0 Å². The van der Waals surface area contributed by atoms with Gasteiger partial charge in [-0.05, 0) is 37.5 Å². The zero-order chi connectivity index (χ0) is 14.4. The lowest BCUT2D eigenvalue weighted by Crippen LogP contribution is -2.06. The normalized spacial score (nSPS) is 10.4. The molecule has 0 aliphatic heterocycles. The molecule has 19 heavy (non-hydrogen) atoms. The van der Waals surface area contributed by atoms with Gasteiger partial charge in [-0.3, -0.25) is 0 Å². The molecule has 0 saturated heterocycles. The molecule has 0 N–H and O–H groups in total. The van der Waals surface area contributed by atoms with E-state index in [9.17, 15) is 0 Å². The van der Waals surface area contributed by atoms with E-state index in [1.165, 1.54) is 0 Å². The van der Waals surface area contributed by atoms with Gasteiger partial charge in [-0.15, -0.1) is 0 Å². The summed E-state index contributed by atoms with van der Waals surface area (Å²) in [6, 6.07) is 4.05. The Morgan fingerprint density at radius 1 is 1.26 bits per heavy atom. The molecule has 3 nitrogen and oxygen atoms in total. The molecule has 106 valence electrons. The largest absolute Gasteiger partial charge is 0.496 e. The van der Waals surface area contributed by atoms with Gasteiger partial charge in [0.15, 0.2) is 0 Å². The average Bonchev–Trinajstić information content (AvgIpc) is 2.36. The maximum absolute atomic E-state index is 5.81. The molecule has 0 bridgehead atoms. The van der Waals surface area contributed by atoms with E-state index in [4.69, 9.17) is 14.2 Å². The van der Waals surface area contributed by atoms with E-state index in [-0.39, 0.29) is 0 Å². The van der Waals surface area contributed by atoms with Gasteiger partial charge in [0.05, 0.1) is 13.7 Å². The van der Waals surface area contributed by atoms with Crippen molar-refractivity contribution in [3.05, 3.63) is 35.6 Å². The molecule has 0 saturated carbocycles. The van der Waals surface area contributed by atoms with Crippen LogP contribution in [-0.4, -0.2) is 20.3 Å². The summed E-state index contributed by atoms with van der Waals surface area (Å²) in [5.41, 5.74) is 2.19. The van der Waals surface area contributed by atoms with Crippen LogP contribution in [0.15, 0.2) is 24.5 Å². The minimum Gasteiger partial charge on any atom is -0.496 e. The minimum absolute atomic E-state index is 0.366. The molecule has 0 unspecified atom stereocenters. The summed E-state index contributed by atoms with van der Waals surface area (Å²) in [5, 5.41) is 0. The molecule has 3 heteroatoms. The van der Waals surface area contributed by atoms with Gasteiger partial charge in [-0.2, -0.15) is 0 Å². The van der Waals surface area contributed by atoms with Crippen LogP contribution in [0.1, 0.15) is 37.8 Å². The highest BCUT2D eigenvalue weighted by atomic mass is 16.5. The first kappa shape index (κ1) is 15.4. The number of hydrogen-bond acceptors (Lipinski definition) is 3. The number of methoxy groups -OCH3 is 1. The molecule has 0 fully saturated rings. The average molecular weight is 264 g/mol. The van der Waals surface area contributed by atoms with E-state index in [0.29, 0.717) is 24.9 Å². The number of aryl methyl sites for hydroxylation is 1. The molecular formula is C16H24O3. The fourth-order valence-corrected chi connectivity index (χ4v) is 1.88. The van der Waals surface area contributed by atoms with Crippen molar-refractivity contribution in [2.24, 2.45) is 0 Å². The first-order valence-corrected chi connectivity index (χ1v) is 6.61. The summed E-state index contributed by atoms with van der Waals surface area (Å²) in [7, 11) is 1.68. The lowest BCUT2D eigenvalue weighted by Gasteiger charge is -2.17. The van der Waals surface area contributed by atoms with Gasteiger partial charge in [0.1, 0.15) is 23.9 Å². The molecular weight excluding hydrogens is 240 g/mol. The van der Waals surface area contributed by atoms with E-state index in [1.54, 1.807) is 7.11 Å². The van der Waals surface area contributed by atoms with Crippen LogP contribution in [0.5, 0.6) is 11.5 Å². The number of rotatable bonds is 7. The van der Waals surface area contributed by atoms with Crippen molar-refractivity contribution in [3.63, 3.8) is 0 Å². The van der Waals surface area contributed by atoms with E-state index in [1.807, 2.05) is 26.0 Å². The maximum atomic E-state index is 5.81. The zero-order valence-electron chi connectivity index (χ0n) is 12.6. The Balaban J connectivity index is 2.92. The highest BCUT2D eigenvalue weighted by Crippen LogP contribution is 2.33. The molecule has 0 atom stereocenters. The summed E-state index contributed by atoms with van der Waals surface area (Å²) in [6.07, 6.45) is 0. The van der Waals surface area contributed by atoms with E-state index < -0.39 is 0 Å². The number of hydrogen-bond donors (Lipinski definition) is 0. The van der Waals surface area contributed by atoms with Gasteiger partial charge < -0.3 is 14.2 Å². The van der Waals surface area contributed by atoms with Crippen LogP contribution in [0.3, 0.4) is 0 Å². The third kappa shape index (κ3) is 4.19. The maximum Gasteiger partial charge on any atom is 0.145 e. The summed E-state index contributed by atoms with van der Waals surface area (Å²) in [6.45, 7) is 13.0. The first-order valence-electron chi connectivity index (χ1n) is 6.61. The van der Waals surface area contributed by atoms with Crippen molar-refractivity contribution in [1.82, 2.24) is 0 Å². The summed E-state index contributed by atoms with van der Waals surface area (Å²) in [4.78, 5) is 0. The van der Waals surface area contributed by atoms with Crippen molar-refractivity contribution in [2.75, 3.05) is 20.3 Å². The highest BCUT2D eigenvalue weighted by molar-refractivity contribution is 5.47. The molecule has 1 aromatic rings. The Labute approximate surface area is 116 Å². The van der Waals surface area contributed by atoms with Gasteiger partial charge in [-0.25, -0.2) is 0 Å². The van der Waals surface area contributed by atoms with Crippen LogP contribution in [0.2, 0.25) is 0 Å². The summed E-state index contributed by atoms with van der Waals surface area (Å²) < 4.78 is 16.5. The number of benzene rings is 1. The first-order chi connectivity index (χ1) is 8.99. The van der Waals surface area contributed by atoms with Crippen LogP contribution >= 0.6 is 0 Å². The smallest absolute Gasteiger partial charge is 0.145 e. The standard InChI is InChI=1S/C16H24O3/c1-7-18-13(5)10-19-16-8-12(4)15(17-6)9-14(16)11(2)3/h8-9,11H,5,7,10H2,1-4,6H3. The topological polar surface area (TPSA) is 27.7 Å². The Hall–Kier alpha value is -1.64. The molecule has 0 spiro atoms. The van der Waals surface area contributed by atoms with Crippen molar-refractivity contribution >= 4 is 0 Å². The second kappa shape index (κ2) is 7.07. The molecule has 0 aliphatic carbocycles. The Kier molecular flexibility index (Phi) is 5.74. The van der Waals surface area contributed by atoms with Gasteiger partial charge in [0.25, 0.3) is 0 Å². The highest BCUT2D eigenvalue weighted by Gasteiger charge is 2.12. The Morgan fingerprint density at radius 3 is 2.47 bits per heavy atom. The monoisotopic (exact) mass is 264 g/mol. The lowest BCUT2D eigenvalue weighted by atomic mass is 10.00. The van der Waals surface area contributed by atoms with E-state index in [2.05, 4.69) is 20.4 Å². The van der Waals surface area contributed by atoms with Crippen molar-refractivity contribution in [3.8, 4) is 11.5 Å².